The summed E-state index contributed by atoms with van der Waals surface area (Å²) in [4.78, 5) is 0. The smallest absolute Gasteiger partial charge is 0.281 e. The van der Waals surface area contributed by atoms with Crippen LogP contribution in [0.25, 0.3) is 0 Å². The predicted molar refractivity (Wildman–Crippen MR) is 66.8 cm³/mol. The Morgan fingerprint density at radius 1 is 1.35 bits per heavy atom. The Balaban J connectivity index is 2.56. The molecule has 1 aliphatic heterocycles. The van der Waals surface area contributed by atoms with Gasteiger partial charge in [0, 0.05) is 39.8 Å². The van der Waals surface area contributed by atoms with Gasteiger partial charge in [-0.2, -0.15) is 17.0 Å². The number of hydrogen-bond donors (Lipinski definition) is 1. The van der Waals surface area contributed by atoms with Gasteiger partial charge < -0.3 is 10.5 Å². The first kappa shape index (κ1) is 14.8. The molecule has 0 spiro atoms. The molecule has 1 heterocycles. The minimum atomic E-state index is -3.34. The van der Waals surface area contributed by atoms with Gasteiger partial charge in [0.2, 0.25) is 0 Å². The van der Waals surface area contributed by atoms with E-state index in [1.54, 1.807) is 14.2 Å². The lowest BCUT2D eigenvalue weighted by atomic mass is 10.2. The third-order valence-corrected chi connectivity index (χ3v) is 4.86. The van der Waals surface area contributed by atoms with E-state index < -0.39 is 10.2 Å². The summed E-state index contributed by atoms with van der Waals surface area (Å²) in [6.45, 7) is 1.88. The number of rotatable bonds is 6. The van der Waals surface area contributed by atoms with Crippen LogP contribution in [0.3, 0.4) is 0 Å². The van der Waals surface area contributed by atoms with E-state index in [0.29, 0.717) is 19.7 Å². The van der Waals surface area contributed by atoms with Crippen molar-refractivity contribution in [3.05, 3.63) is 0 Å². The molecule has 102 valence electrons. The Kier molecular flexibility index (Phi) is 5.81. The zero-order valence-electron chi connectivity index (χ0n) is 10.6. The molecule has 0 aromatic rings. The first-order valence-corrected chi connectivity index (χ1v) is 7.34. The molecule has 0 amide bonds. The van der Waals surface area contributed by atoms with Gasteiger partial charge in [-0.3, -0.25) is 0 Å². The lowest BCUT2D eigenvalue weighted by Gasteiger charge is -2.31. The lowest BCUT2D eigenvalue weighted by Crippen LogP contribution is -2.48. The summed E-state index contributed by atoms with van der Waals surface area (Å²) in [5.41, 5.74) is 5.76. The largest absolute Gasteiger partial charge is 0.383 e. The third-order valence-electron chi connectivity index (χ3n) is 2.91. The van der Waals surface area contributed by atoms with Gasteiger partial charge in [0.05, 0.1) is 6.61 Å². The zero-order chi connectivity index (χ0) is 12.9. The maximum Gasteiger partial charge on any atom is 0.281 e. The number of methoxy groups -OCH3 is 1. The van der Waals surface area contributed by atoms with Crippen LogP contribution >= 0.6 is 0 Å². The molecule has 1 atom stereocenters. The number of ether oxygens (including phenoxy) is 1. The minimum absolute atomic E-state index is 0.284. The molecular formula is C10H23N3O3S. The van der Waals surface area contributed by atoms with Gasteiger partial charge in [0.1, 0.15) is 0 Å². The van der Waals surface area contributed by atoms with Crippen LogP contribution in [0.5, 0.6) is 0 Å². The molecule has 0 bridgehead atoms. The fourth-order valence-electron chi connectivity index (χ4n) is 1.98. The second-order valence-corrected chi connectivity index (χ2v) is 6.50. The fraction of sp³-hybridized carbons (Fsp3) is 1.00. The molecule has 0 aromatic carbocycles. The summed E-state index contributed by atoms with van der Waals surface area (Å²) < 4.78 is 32.1. The fourth-order valence-corrected chi connectivity index (χ4v) is 3.48. The average Bonchev–Trinajstić information content (AvgIpc) is 2.30. The molecule has 2 N–H and O–H groups in total. The predicted octanol–water partition coefficient (Wildman–Crippen LogP) is -0.377. The molecule has 0 aromatic heterocycles. The Labute approximate surface area is 104 Å². The summed E-state index contributed by atoms with van der Waals surface area (Å²) in [7, 11) is -0.221. The second kappa shape index (κ2) is 6.65. The molecule has 1 aliphatic rings. The van der Waals surface area contributed by atoms with E-state index in [9.17, 15) is 8.42 Å². The molecule has 0 radical (unpaired) electrons. The van der Waals surface area contributed by atoms with Crippen LogP contribution < -0.4 is 5.73 Å². The Morgan fingerprint density at radius 2 is 1.94 bits per heavy atom. The average molecular weight is 265 g/mol. The molecule has 1 unspecified atom stereocenters. The van der Waals surface area contributed by atoms with E-state index in [4.69, 9.17) is 10.5 Å². The second-order valence-electron chi connectivity index (χ2n) is 4.46. The Hall–Kier alpha value is -0.210. The molecule has 0 saturated carbocycles. The molecule has 1 fully saturated rings. The normalized spacial score (nSPS) is 20.7. The van der Waals surface area contributed by atoms with Crippen molar-refractivity contribution in [2.75, 3.05) is 40.4 Å². The van der Waals surface area contributed by atoms with Crippen molar-refractivity contribution in [3.63, 3.8) is 0 Å². The Bertz CT molecular complexity index is 315. The maximum absolute atomic E-state index is 12.2. The monoisotopic (exact) mass is 265 g/mol. The van der Waals surface area contributed by atoms with E-state index in [0.717, 1.165) is 19.3 Å². The maximum atomic E-state index is 12.2. The van der Waals surface area contributed by atoms with Gasteiger partial charge in [-0.25, -0.2) is 0 Å². The van der Waals surface area contributed by atoms with E-state index >= 15 is 0 Å². The van der Waals surface area contributed by atoms with Crippen LogP contribution in [0.15, 0.2) is 0 Å². The number of likely N-dealkylation sites (N-methyl/N-ethyl adjacent to an activating group) is 1. The van der Waals surface area contributed by atoms with Crippen molar-refractivity contribution < 1.29 is 13.2 Å². The first-order valence-electron chi connectivity index (χ1n) is 5.94. The third kappa shape index (κ3) is 4.18. The van der Waals surface area contributed by atoms with Crippen LogP contribution in [-0.4, -0.2) is 63.5 Å². The van der Waals surface area contributed by atoms with Gasteiger partial charge in [-0.1, -0.05) is 6.42 Å². The van der Waals surface area contributed by atoms with Crippen molar-refractivity contribution in [2.24, 2.45) is 5.73 Å². The van der Waals surface area contributed by atoms with Crippen LogP contribution in [0, 0.1) is 0 Å². The van der Waals surface area contributed by atoms with E-state index in [1.807, 2.05) is 0 Å². The molecule has 6 nitrogen and oxygen atoms in total. The number of piperidine rings is 1. The molecular weight excluding hydrogens is 242 g/mol. The summed E-state index contributed by atoms with van der Waals surface area (Å²) in [6, 6.07) is -0.287. The standard InChI is InChI=1S/C10H23N3O3S/c1-12(8-10(11)9-16-2)17(14,15)13-6-4-3-5-7-13/h10H,3-9,11H2,1-2H3. The summed E-state index contributed by atoms with van der Waals surface area (Å²) >= 11 is 0. The topological polar surface area (TPSA) is 75.9 Å². The SMILES string of the molecule is COCC(N)CN(C)S(=O)(=O)N1CCCCC1. The highest BCUT2D eigenvalue weighted by molar-refractivity contribution is 7.86. The molecule has 7 heteroatoms. The molecule has 0 aliphatic carbocycles. The molecule has 1 saturated heterocycles. The van der Waals surface area contributed by atoms with Crippen molar-refractivity contribution in [1.82, 2.24) is 8.61 Å². The van der Waals surface area contributed by atoms with Crippen molar-refractivity contribution in [2.45, 2.75) is 25.3 Å². The van der Waals surface area contributed by atoms with Crippen molar-refractivity contribution >= 4 is 10.2 Å². The summed E-state index contributed by atoms with van der Waals surface area (Å²) in [5.74, 6) is 0. The number of nitrogens with two attached hydrogens (primary N) is 1. The number of nitrogens with zero attached hydrogens (tertiary/aromatic N) is 2. The number of hydrogen-bond acceptors (Lipinski definition) is 4. The highest BCUT2D eigenvalue weighted by Gasteiger charge is 2.28. The summed E-state index contributed by atoms with van der Waals surface area (Å²) in [5, 5.41) is 0. The van der Waals surface area contributed by atoms with Crippen LogP contribution in [0.4, 0.5) is 0 Å². The van der Waals surface area contributed by atoms with Crippen LogP contribution in [0.2, 0.25) is 0 Å². The quantitative estimate of drug-likeness (QED) is 0.710. The van der Waals surface area contributed by atoms with Crippen LogP contribution in [-0.2, 0) is 14.9 Å². The van der Waals surface area contributed by atoms with E-state index in [2.05, 4.69) is 0 Å². The highest BCUT2D eigenvalue weighted by Crippen LogP contribution is 2.15. The van der Waals surface area contributed by atoms with Crippen molar-refractivity contribution in [3.8, 4) is 0 Å². The Morgan fingerprint density at radius 3 is 2.47 bits per heavy atom. The van der Waals surface area contributed by atoms with Gasteiger partial charge in [-0.15, -0.1) is 0 Å². The van der Waals surface area contributed by atoms with Crippen LogP contribution in [0.1, 0.15) is 19.3 Å². The highest BCUT2D eigenvalue weighted by atomic mass is 32.2. The zero-order valence-corrected chi connectivity index (χ0v) is 11.4. The van der Waals surface area contributed by atoms with E-state index in [-0.39, 0.29) is 12.6 Å². The first-order chi connectivity index (χ1) is 7.98. The van der Waals surface area contributed by atoms with Gasteiger partial charge >= 0.3 is 0 Å². The van der Waals surface area contributed by atoms with E-state index in [1.165, 1.54) is 8.61 Å². The van der Waals surface area contributed by atoms with Gasteiger partial charge in [0.25, 0.3) is 10.2 Å². The van der Waals surface area contributed by atoms with Crippen molar-refractivity contribution in [1.29, 1.82) is 0 Å². The lowest BCUT2D eigenvalue weighted by molar-refractivity contribution is 0.171. The molecule has 17 heavy (non-hydrogen) atoms. The van der Waals surface area contributed by atoms with Gasteiger partial charge in [-0.05, 0) is 12.8 Å². The minimum Gasteiger partial charge on any atom is -0.383 e. The summed E-state index contributed by atoms with van der Waals surface area (Å²) in [6.07, 6.45) is 2.99. The molecule has 1 rings (SSSR count). The van der Waals surface area contributed by atoms with Gasteiger partial charge in [0.15, 0.2) is 0 Å².